The number of hydrogen-bond donors (Lipinski definition) is 2. The Kier molecular flexibility index (Phi) is 5.83. The molecule has 0 aliphatic carbocycles. The zero-order valence-electron chi connectivity index (χ0n) is 15.0. The standard InChI is InChI=1S/C19H26N4OS/c1-4-8-18-20-17(12-25-18)19(24)23(3)13(2)15-11-16(22-21-15)14-9-6-5-7-10-14/h5-7,9-10,12-13,15-16,21-22H,4,8,11H2,1-3H3. The SMILES string of the molecule is CCCc1nc(C(=O)N(C)C(C)C2CC(c3ccccc3)NN2)cs1. The predicted octanol–water partition coefficient (Wildman–Crippen LogP) is 3.16. The van der Waals surface area contributed by atoms with Gasteiger partial charge >= 0.3 is 0 Å². The number of nitrogens with one attached hydrogen (secondary N) is 2. The molecule has 0 saturated carbocycles. The van der Waals surface area contributed by atoms with Crippen molar-refractivity contribution in [3.8, 4) is 0 Å². The smallest absolute Gasteiger partial charge is 0.273 e. The summed E-state index contributed by atoms with van der Waals surface area (Å²) in [6.45, 7) is 4.21. The van der Waals surface area contributed by atoms with E-state index < -0.39 is 0 Å². The maximum absolute atomic E-state index is 12.7. The molecule has 2 aromatic rings. The summed E-state index contributed by atoms with van der Waals surface area (Å²) in [6.07, 6.45) is 2.93. The van der Waals surface area contributed by atoms with E-state index in [4.69, 9.17) is 0 Å². The van der Waals surface area contributed by atoms with Gasteiger partial charge in [-0.1, -0.05) is 37.3 Å². The van der Waals surface area contributed by atoms with Crippen LogP contribution in [0.5, 0.6) is 0 Å². The summed E-state index contributed by atoms with van der Waals surface area (Å²) in [5.74, 6) is -0.00364. The van der Waals surface area contributed by atoms with Gasteiger partial charge in [0.2, 0.25) is 0 Å². The first-order valence-electron chi connectivity index (χ1n) is 8.87. The van der Waals surface area contributed by atoms with Crippen molar-refractivity contribution in [1.82, 2.24) is 20.7 Å². The third-order valence-corrected chi connectivity index (χ3v) is 5.79. The Balaban J connectivity index is 1.62. The zero-order chi connectivity index (χ0) is 17.8. The number of hydrazine groups is 1. The third-order valence-electron chi connectivity index (χ3n) is 4.88. The molecule has 134 valence electrons. The van der Waals surface area contributed by atoms with E-state index >= 15 is 0 Å². The highest BCUT2D eigenvalue weighted by molar-refractivity contribution is 7.09. The van der Waals surface area contributed by atoms with Gasteiger partial charge in [-0.05, 0) is 31.7 Å². The average Bonchev–Trinajstić information content (AvgIpc) is 3.31. The molecule has 25 heavy (non-hydrogen) atoms. The van der Waals surface area contributed by atoms with E-state index in [-0.39, 0.29) is 24.0 Å². The van der Waals surface area contributed by atoms with Gasteiger partial charge in [-0.15, -0.1) is 11.3 Å². The Morgan fingerprint density at radius 1 is 1.36 bits per heavy atom. The van der Waals surface area contributed by atoms with Crippen molar-refractivity contribution >= 4 is 17.2 Å². The second kappa shape index (κ2) is 8.08. The van der Waals surface area contributed by atoms with Gasteiger partial charge in [0.1, 0.15) is 5.69 Å². The lowest BCUT2D eigenvalue weighted by atomic mass is 9.98. The number of likely N-dealkylation sites (N-methyl/N-ethyl adjacent to an activating group) is 1. The van der Waals surface area contributed by atoms with Crippen molar-refractivity contribution in [2.75, 3.05) is 7.05 Å². The molecule has 1 aliphatic rings. The molecule has 1 saturated heterocycles. The van der Waals surface area contributed by atoms with Crippen molar-refractivity contribution < 1.29 is 4.79 Å². The van der Waals surface area contributed by atoms with Crippen LogP contribution >= 0.6 is 11.3 Å². The normalized spacial score (nSPS) is 21.2. The molecule has 0 radical (unpaired) electrons. The van der Waals surface area contributed by atoms with Gasteiger partial charge in [0.15, 0.2) is 0 Å². The summed E-state index contributed by atoms with van der Waals surface area (Å²) < 4.78 is 0. The fraction of sp³-hybridized carbons (Fsp3) is 0.474. The number of carbonyl (C=O) groups is 1. The van der Waals surface area contributed by atoms with Crippen LogP contribution in [-0.2, 0) is 6.42 Å². The van der Waals surface area contributed by atoms with Crippen molar-refractivity contribution in [3.05, 3.63) is 52.0 Å². The van der Waals surface area contributed by atoms with Gasteiger partial charge in [0.05, 0.1) is 5.01 Å². The molecule has 2 N–H and O–H groups in total. The summed E-state index contributed by atoms with van der Waals surface area (Å²) in [5.41, 5.74) is 8.54. The highest BCUT2D eigenvalue weighted by Gasteiger charge is 2.33. The Labute approximate surface area is 153 Å². The first-order chi connectivity index (χ1) is 12.1. The number of benzene rings is 1. The van der Waals surface area contributed by atoms with Crippen LogP contribution < -0.4 is 10.9 Å². The number of amides is 1. The van der Waals surface area contributed by atoms with E-state index in [9.17, 15) is 4.79 Å². The molecule has 1 fully saturated rings. The average molecular weight is 359 g/mol. The topological polar surface area (TPSA) is 57.3 Å². The molecule has 3 atom stereocenters. The van der Waals surface area contributed by atoms with E-state index in [1.54, 1.807) is 16.2 Å². The summed E-state index contributed by atoms with van der Waals surface area (Å²) in [4.78, 5) is 19.0. The highest BCUT2D eigenvalue weighted by atomic mass is 32.1. The molecule has 1 amide bonds. The molecule has 0 bridgehead atoms. The molecule has 6 heteroatoms. The van der Waals surface area contributed by atoms with Gasteiger partial charge < -0.3 is 4.90 Å². The molecule has 1 aromatic heterocycles. The van der Waals surface area contributed by atoms with Gasteiger partial charge in [-0.25, -0.2) is 10.4 Å². The van der Waals surface area contributed by atoms with Gasteiger partial charge in [0.25, 0.3) is 5.91 Å². The van der Waals surface area contributed by atoms with Crippen LogP contribution in [0.1, 0.15) is 53.8 Å². The molecule has 3 rings (SSSR count). The maximum Gasteiger partial charge on any atom is 0.273 e. The van der Waals surface area contributed by atoms with Crippen molar-refractivity contribution in [1.29, 1.82) is 0 Å². The number of aromatic nitrogens is 1. The molecule has 2 heterocycles. The Hall–Kier alpha value is -1.76. The Morgan fingerprint density at radius 3 is 2.84 bits per heavy atom. The summed E-state index contributed by atoms with van der Waals surface area (Å²) >= 11 is 1.57. The number of nitrogens with zero attached hydrogens (tertiary/aromatic N) is 2. The number of carbonyl (C=O) groups excluding carboxylic acids is 1. The van der Waals surface area contributed by atoms with E-state index in [2.05, 4.69) is 53.9 Å². The van der Waals surface area contributed by atoms with Crippen LogP contribution in [0, 0.1) is 0 Å². The van der Waals surface area contributed by atoms with Crippen LogP contribution in [-0.4, -0.2) is 34.9 Å². The first-order valence-corrected chi connectivity index (χ1v) is 9.75. The van der Waals surface area contributed by atoms with Crippen LogP contribution in [0.4, 0.5) is 0 Å². The molecule has 3 unspecified atom stereocenters. The minimum absolute atomic E-state index is 0.00364. The molecule has 0 spiro atoms. The largest absolute Gasteiger partial charge is 0.336 e. The molecule has 1 aromatic carbocycles. The predicted molar refractivity (Wildman–Crippen MR) is 102 cm³/mol. The zero-order valence-corrected chi connectivity index (χ0v) is 15.8. The number of aryl methyl sites for hydroxylation is 1. The van der Waals surface area contributed by atoms with E-state index in [0.29, 0.717) is 5.69 Å². The summed E-state index contributed by atoms with van der Waals surface area (Å²) in [6, 6.07) is 10.9. The van der Waals surface area contributed by atoms with Crippen LogP contribution in [0.3, 0.4) is 0 Å². The lowest BCUT2D eigenvalue weighted by molar-refractivity contribution is 0.0710. The van der Waals surface area contributed by atoms with E-state index in [1.807, 2.05) is 18.5 Å². The number of hydrogen-bond acceptors (Lipinski definition) is 5. The Bertz CT molecular complexity index is 702. The second-order valence-electron chi connectivity index (χ2n) is 6.63. The van der Waals surface area contributed by atoms with Crippen LogP contribution in [0.2, 0.25) is 0 Å². The highest BCUT2D eigenvalue weighted by Crippen LogP contribution is 2.25. The van der Waals surface area contributed by atoms with Gasteiger partial charge in [-0.2, -0.15) is 0 Å². The van der Waals surface area contributed by atoms with E-state index in [1.165, 1.54) is 5.56 Å². The first kappa shape index (κ1) is 18.0. The fourth-order valence-electron chi connectivity index (χ4n) is 3.18. The monoisotopic (exact) mass is 358 g/mol. The molecular weight excluding hydrogens is 332 g/mol. The lowest BCUT2D eigenvalue weighted by Gasteiger charge is -2.29. The molecule has 1 aliphatic heterocycles. The number of rotatable bonds is 6. The van der Waals surface area contributed by atoms with Crippen LogP contribution in [0.25, 0.3) is 0 Å². The van der Waals surface area contributed by atoms with Crippen molar-refractivity contribution in [3.63, 3.8) is 0 Å². The lowest BCUT2D eigenvalue weighted by Crippen LogP contribution is -2.48. The number of thiazole rings is 1. The minimum atomic E-state index is -0.00364. The fourth-order valence-corrected chi connectivity index (χ4v) is 4.05. The van der Waals surface area contributed by atoms with E-state index in [0.717, 1.165) is 24.3 Å². The molecular formula is C19H26N4OS. The maximum atomic E-state index is 12.7. The summed E-state index contributed by atoms with van der Waals surface area (Å²) in [5, 5.41) is 2.92. The van der Waals surface area contributed by atoms with Crippen LogP contribution in [0.15, 0.2) is 35.7 Å². The van der Waals surface area contributed by atoms with Gasteiger partial charge in [-0.3, -0.25) is 10.2 Å². The van der Waals surface area contributed by atoms with Crippen molar-refractivity contribution in [2.24, 2.45) is 0 Å². The van der Waals surface area contributed by atoms with Crippen molar-refractivity contribution in [2.45, 2.75) is 51.2 Å². The molecule has 5 nitrogen and oxygen atoms in total. The minimum Gasteiger partial charge on any atom is -0.336 e. The Morgan fingerprint density at radius 2 is 2.12 bits per heavy atom. The van der Waals surface area contributed by atoms with Gasteiger partial charge in [0, 0.05) is 30.6 Å². The quantitative estimate of drug-likeness (QED) is 0.833. The third kappa shape index (κ3) is 4.08. The summed E-state index contributed by atoms with van der Waals surface area (Å²) in [7, 11) is 1.86. The second-order valence-corrected chi connectivity index (χ2v) is 7.57.